The fourth-order valence-corrected chi connectivity index (χ4v) is 2.85. The summed E-state index contributed by atoms with van der Waals surface area (Å²) in [6, 6.07) is 11.9. The Morgan fingerprint density at radius 3 is 2.65 bits per heavy atom. The molecule has 2 heterocycles. The van der Waals surface area contributed by atoms with E-state index in [9.17, 15) is 4.79 Å². The number of carbonyl (C=O) groups excluding carboxylic acids is 1. The first-order valence-corrected chi connectivity index (χ1v) is 8.10. The molecule has 120 valence electrons. The molecule has 4 nitrogen and oxygen atoms in total. The van der Waals surface area contributed by atoms with Crippen LogP contribution in [0.5, 0.6) is 0 Å². The summed E-state index contributed by atoms with van der Waals surface area (Å²) in [6.45, 7) is 3.86. The van der Waals surface area contributed by atoms with Gasteiger partial charge in [-0.1, -0.05) is 24.3 Å². The number of benzene rings is 1. The van der Waals surface area contributed by atoms with Crippen molar-refractivity contribution in [2.45, 2.75) is 25.9 Å². The van der Waals surface area contributed by atoms with Gasteiger partial charge in [0.25, 0.3) is 0 Å². The molecule has 1 N–H and O–H groups in total. The van der Waals surface area contributed by atoms with E-state index in [1.54, 1.807) is 18.4 Å². The van der Waals surface area contributed by atoms with Gasteiger partial charge < -0.3 is 9.73 Å². The molecule has 0 atom stereocenters. The summed E-state index contributed by atoms with van der Waals surface area (Å²) < 4.78 is 5.17. The number of rotatable bonds is 6. The Labute approximate surface area is 136 Å². The van der Waals surface area contributed by atoms with Crippen molar-refractivity contribution in [2.75, 3.05) is 13.1 Å². The van der Waals surface area contributed by atoms with Crippen molar-refractivity contribution < 1.29 is 9.21 Å². The van der Waals surface area contributed by atoms with Crippen LogP contribution in [0.4, 0.5) is 0 Å². The highest BCUT2D eigenvalue weighted by Gasteiger charge is 2.13. The smallest absolute Gasteiger partial charge is 0.244 e. The molecule has 0 unspecified atom stereocenters. The molecule has 1 aliphatic heterocycles. The molecule has 2 aromatic rings. The zero-order valence-electron chi connectivity index (χ0n) is 13.2. The molecule has 23 heavy (non-hydrogen) atoms. The molecule has 1 aliphatic rings. The lowest BCUT2D eigenvalue weighted by Crippen LogP contribution is -2.23. The van der Waals surface area contributed by atoms with E-state index < -0.39 is 0 Å². The standard InChI is InChI=1S/C19H22N2O2/c22-19(10-9-18-8-5-13-23-18)20-14-16-6-1-2-7-17(16)15-21-11-3-4-12-21/h1-2,5-10,13H,3-4,11-12,14-15H2,(H,20,22)/b10-9+. The summed E-state index contributed by atoms with van der Waals surface area (Å²) in [5.74, 6) is 0.562. The van der Waals surface area contributed by atoms with Crippen molar-refractivity contribution >= 4 is 12.0 Å². The maximum atomic E-state index is 11.9. The van der Waals surface area contributed by atoms with E-state index >= 15 is 0 Å². The quantitative estimate of drug-likeness (QED) is 0.833. The first kappa shape index (κ1) is 15.6. The predicted molar refractivity (Wildman–Crippen MR) is 90.5 cm³/mol. The van der Waals surface area contributed by atoms with E-state index in [4.69, 9.17) is 4.42 Å². The maximum Gasteiger partial charge on any atom is 0.244 e. The van der Waals surface area contributed by atoms with Crippen LogP contribution >= 0.6 is 0 Å². The Morgan fingerprint density at radius 1 is 1.13 bits per heavy atom. The molecule has 0 radical (unpaired) electrons. The van der Waals surface area contributed by atoms with Gasteiger partial charge in [0.2, 0.25) is 5.91 Å². The number of likely N-dealkylation sites (tertiary alicyclic amines) is 1. The fraction of sp³-hybridized carbons (Fsp3) is 0.316. The molecule has 1 aromatic carbocycles. The van der Waals surface area contributed by atoms with E-state index in [1.165, 1.54) is 43.1 Å². The normalized spacial score (nSPS) is 15.3. The summed E-state index contributed by atoms with van der Waals surface area (Å²) in [5, 5.41) is 2.94. The van der Waals surface area contributed by atoms with Crippen LogP contribution in [0.1, 0.15) is 29.7 Å². The number of hydrogen-bond acceptors (Lipinski definition) is 3. The Bertz CT molecular complexity index is 656. The summed E-state index contributed by atoms with van der Waals surface area (Å²) >= 11 is 0. The molecule has 0 saturated carbocycles. The van der Waals surface area contributed by atoms with Crippen LogP contribution in [0.15, 0.2) is 53.2 Å². The summed E-state index contributed by atoms with van der Waals surface area (Å²) in [5.41, 5.74) is 2.48. The molecular formula is C19H22N2O2. The lowest BCUT2D eigenvalue weighted by Gasteiger charge is -2.17. The molecule has 3 rings (SSSR count). The highest BCUT2D eigenvalue weighted by Crippen LogP contribution is 2.16. The Kier molecular flexibility index (Phi) is 5.27. The minimum atomic E-state index is -0.114. The maximum absolute atomic E-state index is 11.9. The number of nitrogens with zero attached hydrogens (tertiary/aromatic N) is 1. The highest BCUT2D eigenvalue weighted by molar-refractivity contribution is 5.91. The number of amides is 1. The first-order valence-electron chi connectivity index (χ1n) is 8.10. The molecule has 1 amide bonds. The molecule has 1 fully saturated rings. The van der Waals surface area contributed by atoms with Gasteiger partial charge in [-0.25, -0.2) is 0 Å². The number of furan rings is 1. The zero-order chi connectivity index (χ0) is 15.9. The van der Waals surface area contributed by atoms with E-state index in [-0.39, 0.29) is 5.91 Å². The minimum absolute atomic E-state index is 0.114. The first-order chi connectivity index (χ1) is 11.3. The molecular weight excluding hydrogens is 288 g/mol. The van der Waals surface area contributed by atoms with Gasteiger partial charge in [-0.15, -0.1) is 0 Å². The Hall–Kier alpha value is -2.33. The van der Waals surface area contributed by atoms with Gasteiger partial charge in [-0.3, -0.25) is 9.69 Å². The lowest BCUT2D eigenvalue weighted by atomic mass is 10.1. The third-order valence-corrected chi connectivity index (χ3v) is 4.11. The highest BCUT2D eigenvalue weighted by atomic mass is 16.3. The summed E-state index contributed by atoms with van der Waals surface area (Å²) in [7, 11) is 0. The number of hydrogen-bond donors (Lipinski definition) is 1. The van der Waals surface area contributed by atoms with Crippen LogP contribution in [0.25, 0.3) is 6.08 Å². The Balaban J connectivity index is 1.56. The van der Waals surface area contributed by atoms with Crippen LogP contribution in [-0.2, 0) is 17.9 Å². The largest absolute Gasteiger partial charge is 0.465 e. The zero-order valence-corrected chi connectivity index (χ0v) is 13.2. The third kappa shape index (κ3) is 4.57. The van der Waals surface area contributed by atoms with Gasteiger partial charge in [0.15, 0.2) is 0 Å². The van der Waals surface area contributed by atoms with Gasteiger partial charge in [0.1, 0.15) is 5.76 Å². The van der Waals surface area contributed by atoms with Crippen LogP contribution in [0.3, 0.4) is 0 Å². The van der Waals surface area contributed by atoms with Crippen LogP contribution < -0.4 is 5.32 Å². The van der Waals surface area contributed by atoms with Crippen molar-refractivity contribution in [1.29, 1.82) is 0 Å². The molecule has 0 spiro atoms. The molecule has 0 bridgehead atoms. The second-order valence-electron chi connectivity index (χ2n) is 5.82. The van der Waals surface area contributed by atoms with Crippen molar-refractivity contribution in [1.82, 2.24) is 10.2 Å². The summed E-state index contributed by atoms with van der Waals surface area (Å²) in [4.78, 5) is 14.4. The van der Waals surface area contributed by atoms with E-state index in [1.807, 2.05) is 12.1 Å². The molecule has 1 saturated heterocycles. The fourth-order valence-electron chi connectivity index (χ4n) is 2.85. The van der Waals surface area contributed by atoms with Gasteiger partial charge in [0.05, 0.1) is 6.26 Å². The van der Waals surface area contributed by atoms with Gasteiger partial charge in [-0.05, 0) is 55.3 Å². The van der Waals surface area contributed by atoms with Gasteiger partial charge in [0, 0.05) is 19.2 Å². The molecule has 4 heteroatoms. The van der Waals surface area contributed by atoms with Crippen molar-refractivity contribution in [3.05, 3.63) is 65.6 Å². The second kappa shape index (κ2) is 7.79. The van der Waals surface area contributed by atoms with Crippen molar-refractivity contribution in [3.8, 4) is 0 Å². The molecule has 0 aliphatic carbocycles. The monoisotopic (exact) mass is 310 g/mol. The number of carbonyl (C=O) groups is 1. The molecule has 1 aromatic heterocycles. The third-order valence-electron chi connectivity index (χ3n) is 4.11. The lowest BCUT2D eigenvalue weighted by molar-refractivity contribution is -0.116. The topological polar surface area (TPSA) is 45.5 Å². The van der Waals surface area contributed by atoms with Crippen molar-refractivity contribution in [2.24, 2.45) is 0 Å². The Morgan fingerprint density at radius 2 is 1.91 bits per heavy atom. The van der Waals surface area contributed by atoms with Crippen molar-refractivity contribution in [3.63, 3.8) is 0 Å². The second-order valence-corrected chi connectivity index (χ2v) is 5.82. The average molecular weight is 310 g/mol. The minimum Gasteiger partial charge on any atom is -0.465 e. The van der Waals surface area contributed by atoms with E-state index in [2.05, 4.69) is 28.4 Å². The SMILES string of the molecule is O=C(/C=C/c1ccco1)NCc1ccccc1CN1CCCC1. The predicted octanol–water partition coefficient (Wildman–Crippen LogP) is 3.21. The van der Waals surface area contributed by atoms with E-state index in [0.29, 0.717) is 12.3 Å². The van der Waals surface area contributed by atoms with Crippen LogP contribution in [-0.4, -0.2) is 23.9 Å². The number of nitrogens with one attached hydrogen (secondary N) is 1. The van der Waals surface area contributed by atoms with E-state index in [0.717, 1.165) is 6.54 Å². The van der Waals surface area contributed by atoms with Crippen LogP contribution in [0, 0.1) is 0 Å². The average Bonchev–Trinajstić information content (AvgIpc) is 3.25. The van der Waals surface area contributed by atoms with Gasteiger partial charge >= 0.3 is 0 Å². The van der Waals surface area contributed by atoms with Gasteiger partial charge in [-0.2, -0.15) is 0 Å². The summed E-state index contributed by atoms with van der Waals surface area (Å²) in [6.07, 6.45) is 7.34. The van der Waals surface area contributed by atoms with Crippen LogP contribution in [0.2, 0.25) is 0 Å².